The second-order valence-corrected chi connectivity index (χ2v) is 5.79. The summed E-state index contributed by atoms with van der Waals surface area (Å²) < 4.78 is 14.0. The number of hydrogen-bond acceptors (Lipinski definition) is 2. The lowest BCUT2D eigenvalue weighted by Gasteiger charge is -2.08. The highest BCUT2D eigenvalue weighted by molar-refractivity contribution is 9.10. The monoisotopic (exact) mass is 415 g/mol. The molecule has 2 N–H and O–H groups in total. The van der Waals surface area contributed by atoms with Gasteiger partial charge in [-0.1, -0.05) is 0 Å². The summed E-state index contributed by atoms with van der Waals surface area (Å²) in [5.41, 5.74) is 0.442. The highest BCUT2D eigenvalue weighted by Crippen LogP contribution is 2.23. The minimum Gasteiger partial charge on any atom is -0.478 e. The first-order valence-electron chi connectivity index (χ1n) is 5.67. The summed E-state index contributed by atoms with van der Waals surface area (Å²) in [4.78, 5) is 23.1. The minimum absolute atomic E-state index is 0.0195. The van der Waals surface area contributed by atoms with Crippen molar-refractivity contribution in [1.82, 2.24) is 0 Å². The summed E-state index contributed by atoms with van der Waals surface area (Å²) in [6, 6.07) is 8.12. The van der Waals surface area contributed by atoms with E-state index in [1.54, 1.807) is 6.07 Å². The first kappa shape index (κ1) is 15.7. The second kappa shape index (κ2) is 6.36. The van der Waals surface area contributed by atoms with Gasteiger partial charge in [-0.2, -0.15) is 0 Å². The number of amides is 1. The summed E-state index contributed by atoms with van der Waals surface area (Å²) in [6.07, 6.45) is 0. The maximum absolute atomic E-state index is 13.2. The van der Waals surface area contributed by atoms with Crippen LogP contribution in [0.5, 0.6) is 0 Å². The van der Waals surface area contributed by atoms with Crippen LogP contribution in [0.25, 0.3) is 0 Å². The van der Waals surface area contributed by atoms with Gasteiger partial charge in [-0.15, -0.1) is 0 Å². The van der Waals surface area contributed by atoms with E-state index in [9.17, 15) is 14.0 Å². The molecule has 0 aliphatic rings. The van der Waals surface area contributed by atoms with Gasteiger partial charge in [0.25, 0.3) is 5.91 Å². The zero-order valence-electron chi connectivity index (χ0n) is 10.4. The number of carbonyl (C=O) groups excluding carboxylic acids is 1. The molecule has 0 unspecified atom stereocenters. The highest BCUT2D eigenvalue weighted by atomic mass is 79.9. The Labute approximate surface area is 136 Å². The van der Waals surface area contributed by atoms with E-state index in [1.165, 1.54) is 24.3 Å². The Kier molecular flexibility index (Phi) is 4.74. The van der Waals surface area contributed by atoms with Gasteiger partial charge in [-0.05, 0) is 68.3 Å². The third kappa shape index (κ3) is 3.68. The van der Waals surface area contributed by atoms with Crippen molar-refractivity contribution in [2.75, 3.05) is 5.32 Å². The summed E-state index contributed by atoms with van der Waals surface area (Å²) in [5, 5.41) is 11.6. The lowest BCUT2D eigenvalue weighted by molar-refractivity contribution is 0.0695. The maximum atomic E-state index is 13.2. The van der Waals surface area contributed by atoms with Crippen LogP contribution in [0.1, 0.15) is 20.7 Å². The Bertz CT molecular complexity index is 734. The molecule has 2 aromatic carbocycles. The largest absolute Gasteiger partial charge is 0.478 e. The number of carboxylic acid groups (broad SMARTS) is 1. The van der Waals surface area contributed by atoms with Crippen LogP contribution in [0.15, 0.2) is 45.3 Å². The normalized spacial score (nSPS) is 10.2. The van der Waals surface area contributed by atoms with Gasteiger partial charge in [0.1, 0.15) is 5.82 Å². The molecule has 1 amide bonds. The van der Waals surface area contributed by atoms with Crippen molar-refractivity contribution in [2.45, 2.75) is 0 Å². The van der Waals surface area contributed by atoms with E-state index in [-0.39, 0.29) is 11.1 Å². The number of rotatable bonds is 3. The molecule has 0 aliphatic heterocycles. The molecule has 2 rings (SSSR count). The molecule has 2 aromatic rings. The molecule has 0 radical (unpaired) electrons. The van der Waals surface area contributed by atoms with E-state index >= 15 is 0 Å². The van der Waals surface area contributed by atoms with Crippen LogP contribution >= 0.6 is 31.9 Å². The third-order valence-corrected chi connectivity index (χ3v) is 4.01. The SMILES string of the molecule is O=C(O)c1cc(NC(=O)c2cc(F)ccc2Br)ccc1Br. The molecule has 0 aromatic heterocycles. The topological polar surface area (TPSA) is 66.4 Å². The predicted octanol–water partition coefficient (Wildman–Crippen LogP) is 4.30. The minimum atomic E-state index is -1.12. The van der Waals surface area contributed by atoms with Gasteiger partial charge in [0.2, 0.25) is 0 Å². The number of benzene rings is 2. The zero-order valence-corrected chi connectivity index (χ0v) is 13.5. The molecule has 7 heteroatoms. The molecule has 0 bridgehead atoms. The number of nitrogens with one attached hydrogen (secondary N) is 1. The van der Waals surface area contributed by atoms with Gasteiger partial charge in [-0.3, -0.25) is 4.79 Å². The van der Waals surface area contributed by atoms with Crippen molar-refractivity contribution in [3.63, 3.8) is 0 Å². The van der Waals surface area contributed by atoms with E-state index in [1.807, 2.05) is 0 Å². The maximum Gasteiger partial charge on any atom is 0.336 e. The average molecular weight is 417 g/mol. The zero-order chi connectivity index (χ0) is 15.6. The van der Waals surface area contributed by atoms with Crippen molar-refractivity contribution in [3.8, 4) is 0 Å². The fourth-order valence-electron chi connectivity index (χ4n) is 1.64. The van der Waals surface area contributed by atoms with Crippen molar-refractivity contribution in [2.24, 2.45) is 0 Å². The first-order valence-corrected chi connectivity index (χ1v) is 7.26. The van der Waals surface area contributed by atoms with E-state index < -0.39 is 17.7 Å². The number of halogens is 3. The van der Waals surface area contributed by atoms with Crippen molar-refractivity contribution in [3.05, 3.63) is 62.3 Å². The van der Waals surface area contributed by atoms with Crippen LogP contribution in [0, 0.1) is 5.82 Å². The Balaban J connectivity index is 2.29. The van der Waals surface area contributed by atoms with Crippen LogP contribution in [0.3, 0.4) is 0 Å². The van der Waals surface area contributed by atoms with Crippen LogP contribution in [0.2, 0.25) is 0 Å². The summed E-state index contributed by atoms with van der Waals surface area (Å²) in [7, 11) is 0. The van der Waals surface area contributed by atoms with Crippen LogP contribution in [0.4, 0.5) is 10.1 Å². The standard InChI is InChI=1S/C14H8Br2FNO3/c15-11-3-1-7(17)5-9(11)13(19)18-8-2-4-12(16)10(6-8)14(20)21/h1-6H,(H,18,19)(H,20,21). The molecule has 108 valence electrons. The Morgan fingerprint density at radius 1 is 1.00 bits per heavy atom. The molecule has 0 saturated heterocycles. The lowest BCUT2D eigenvalue weighted by Crippen LogP contribution is -2.13. The van der Waals surface area contributed by atoms with Crippen molar-refractivity contribution >= 4 is 49.4 Å². The van der Waals surface area contributed by atoms with Gasteiger partial charge in [0.15, 0.2) is 0 Å². The van der Waals surface area contributed by atoms with E-state index in [0.29, 0.717) is 14.6 Å². The first-order chi connectivity index (χ1) is 9.88. The third-order valence-electron chi connectivity index (χ3n) is 2.63. The number of aromatic carboxylic acids is 1. The van der Waals surface area contributed by atoms with Gasteiger partial charge in [0.05, 0.1) is 11.1 Å². The summed E-state index contributed by atoms with van der Waals surface area (Å²) in [6.45, 7) is 0. The van der Waals surface area contributed by atoms with Gasteiger partial charge < -0.3 is 10.4 Å². The molecule has 0 heterocycles. The molecule has 0 aliphatic carbocycles. The number of anilines is 1. The highest BCUT2D eigenvalue weighted by Gasteiger charge is 2.14. The molecule has 0 spiro atoms. The van der Waals surface area contributed by atoms with Crippen LogP contribution < -0.4 is 5.32 Å². The molecular weight excluding hydrogens is 409 g/mol. The Hall–Kier alpha value is -1.73. The lowest BCUT2D eigenvalue weighted by atomic mass is 10.1. The van der Waals surface area contributed by atoms with E-state index in [4.69, 9.17) is 5.11 Å². The molecule has 4 nitrogen and oxygen atoms in total. The summed E-state index contributed by atoms with van der Waals surface area (Å²) in [5.74, 6) is -2.20. The fourth-order valence-corrected chi connectivity index (χ4v) is 2.48. The number of hydrogen-bond donors (Lipinski definition) is 2. The fraction of sp³-hybridized carbons (Fsp3) is 0. The van der Waals surface area contributed by atoms with E-state index in [2.05, 4.69) is 37.2 Å². The average Bonchev–Trinajstić information content (AvgIpc) is 2.43. The Morgan fingerprint density at radius 3 is 2.29 bits per heavy atom. The van der Waals surface area contributed by atoms with Crippen LogP contribution in [-0.4, -0.2) is 17.0 Å². The van der Waals surface area contributed by atoms with Gasteiger partial charge >= 0.3 is 5.97 Å². The summed E-state index contributed by atoms with van der Waals surface area (Å²) >= 11 is 6.28. The number of carboxylic acids is 1. The quantitative estimate of drug-likeness (QED) is 0.783. The Morgan fingerprint density at radius 2 is 1.62 bits per heavy atom. The smallest absolute Gasteiger partial charge is 0.336 e. The molecule has 21 heavy (non-hydrogen) atoms. The van der Waals surface area contributed by atoms with Crippen LogP contribution in [-0.2, 0) is 0 Å². The van der Waals surface area contributed by atoms with Crippen molar-refractivity contribution < 1.29 is 19.1 Å². The molecule has 0 fully saturated rings. The molecular formula is C14H8Br2FNO3. The number of carbonyl (C=O) groups is 2. The second-order valence-electron chi connectivity index (χ2n) is 4.08. The molecule has 0 atom stereocenters. The van der Waals surface area contributed by atoms with Gasteiger partial charge in [0, 0.05) is 14.6 Å². The predicted molar refractivity (Wildman–Crippen MR) is 83.2 cm³/mol. The van der Waals surface area contributed by atoms with E-state index in [0.717, 1.165) is 6.07 Å². The van der Waals surface area contributed by atoms with Gasteiger partial charge in [-0.25, -0.2) is 9.18 Å². The molecule has 0 saturated carbocycles. The van der Waals surface area contributed by atoms with Crippen molar-refractivity contribution in [1.29, 1.82) is 0 Å².